The van der Waals surface area contributed by atoms with E-state index < -0.39 is 12.0 Å². The molecule has 2 nitrogen and oxygen atoms in total. The van der Waals surface area contributed by atoms with Crippen LogP contribution in [0.1, 0.15) is 16.3 Å². The van der Waals surface area contributed by atoms with Gasteiger partial charge >= 0.3 is 6.18 Å². The van der Waals surface area contributed by atoms with E-state index in [1.54, 1.807) is 6.92 Å². The number of aromatic nitrogens is 2. The number of alkyl halides is 3. The van der Waals surface area contributed by atoms with Crippen molar-refractivity contribution in [1.82, 2.24) is 9.97 Å². The Morgan fingerprint density at radius 2 is 1.81 bits per heavy atom. The Morgan fingerprint density at radius 3 is 2.38 bits per heavy atom. The fourth-order valence-corrected chi connectivity index (χ4v) is 2.72. The zero-order valence-corrected chi connectivity index (χ0v) is 9.89. The molecule has 0 bridgehead atoms. The summed E-state index contributed by atoms with van der Waals surface area (Å²) >= 11 is 6.93. The second-order valence-corrected chi connectivity index (χ2v) is 4.86. The molecule has 16 heavy (non-hydrogen) atoms. The Hall–Kier alpha value is -0.880. The van der Waals surface area contributed by atoms with Gasteiger partial charge in [-0.1, -0.05) is 11.6 Å². The summed E-state index contributed by atoms with van der Waals surface area (Å²) < 4.78 is 37.3. The van der Waals surface area contributed by atoms with Crippen molar-refractivity contribution in [2.24, 2.45) is 0 Å². The molecule has 86 valence electrons. The van der Waals surface area contributed by atoms with Crippen molar-refractivity contribution in [2.45, 2.75) is 20.0 Å². The van der Waals surface area contributed by atoms with Crippen LogP contribution in [0.3, 0.4) is 0 Å². The molecular weight excluding hydrogens is 261 g/mol. The number of halogens is 4. The lowest BCUT2D eigenvalue weighted by Crippen LogP contribution is -2.10. The maximum Gasteiger partial charge on any atom is 0.451 e. The van der Waals surface area contributed by atoms with Crippen molar-refractivity contribution in [3.8, 4) is 0 Å². The monoisotopic (exact) mass is 266 g/mol. The Balaban J connectivity index is 2.79. The van der Waals surface area contributed by atoms with Gasteiger partial charge in [0.2, 0.25) is 5.82 Å². The number of thiophene rings is 1. The van der Waals surface area contributed by atoms with Gasteiger partial charge in [0, 0.05) is 4.88 Å². The van der Waals surface area contributed by atoms with Crippen molar-refractivity contribution >= 4 is 33.2 Å². The van der Waals surface area contributed by atoms with Gasteiger partial charge < -0.3 is 0 Å². The number of hydrogen-bond donors (Lipinski definition) is 0. The second kappa shape index (κ2) is 3.56. The molecule has 0 amide bonds. The SMILES string of the molecule is Cc1sc2nc(C(F)(F)F)nc(Cl)c2c1C. The third-order valence-corrected chi connectivity index (χ3v) is 3.61. The molecule has 2 aromatic heterocycles. The maximum atomic E-state index is 12.4. The molecule has 0 atom stereocenters. The minimum absolute atomic E-state index is 0.140. The molecule has 2 rings (SSSR count). The Labute approximate surface area is 98.1 Å². The molecule has 7 heteroatoms. The quantitative estimate of drug-likeness (QED) is 0.674. The first-order valence-corrected chi connectivity index (χ1v) is 5.50. The molecule has 0 spiro atoms. The van der Waals surface area contributed by atoms with Crippen LogP contribution in [-0.2, 0) is 6.18 Å². The zero-order chi connectivity index (χ0) is 12.1. The van der Waals surface area contributed by atoms with Crippen LogP contribution < -0.4 is 0 Å². The highest BCUT2D eigenvalue weighted by atomic mass is 35.5. The first-order chi connectivity index (χ1) is 7.30. The molecule has 2 heterocycles. The van der Waals surface area contributed by atoms with Gasteiger partial charge in [-0.15, -0.1) is 11.3 Å². The molecule has 0 aliphatic rings. The molecule has 0 aliphatic heterocycles. The fraction of sp³-hybridized carbons (Fsp3) is 0.333. The van der Waals surface area contributed by atoms with Gasteiger partial charge in [-0.3, -0.25) is 0 Å². The second-order valence-electron chi connectivity index (χ2n) is 3.30. The minimum atomic E-state index is -4.57. The fourth-order valence-electron chi connectivity index (χ4n) is 1.33. The smallest absolute Gasteiger partial charge is 0.213 e. The number of rotatable bonds is 0. The highest BCUT2D eigenvalue weighted by Crippen LogP contribution is 2.36. The predicted molar refractivity (Wildman–Crippen MR) is 56.9 cm³/mol. The van der Waals surface area contributed by atoms with E-state index in [0.717, 1.165) is 10.4 Å². The van der Waals surface area contributed by atoms with E-state index in [1.165, 1.54) is 11.3 Å². The van der Waals surface area contributed by atoms with Crippen molar-refractivity contribution in [3.05, 3.63) is 21.4 Å². The van der Waals surface area contributed by atoms with E-state index in [9.17, 15) is 13.2 Å². The van der Waals surface area contributed by atoms with Crippen molar-refractivity contribution in [2.75, 3.05) is 0 Å². The molecule has 0 radical (unpaired) electrons. The summed E-state index contributed by atoms with van der Waals surface area (Å²) in [5.74, 6) is -1.19. The lowest BCUT2D eigenvalue weighted by Gasteiger charge is -2.05. The lowest BCUT2D eigenvalue weighted by molar-refractivity contribution is -0.144. The zero-order valence-electron chi connectivity index (χ0n) is 8.31. The third kappa shape index (κ3) is 1.76. The summed E-state index contributed by atoms with van der Waals surface area (Å²) in [6.07, 6.45) is -4.57. The standard InChI is InChI=1S/C9H6ClF3N2S/c1-3-4(2)16-7-5(3)6(10)14-8(15-7)9(11,12)13/h1-2H3. The molecule has 0 N–H and O–H groups in total. The largest absolute Gasteiger partial charge is 0.451 e. The van der Waals surface area contributed by atoms with E-state index in [2.05, 4.69) is 9.97 Å². The summed E-state index contributed by atoms with van der Waals surface area (Å²) in [5, 5.41) is 0.372. The van der Waals surface area contributed by atoms with Crippen LogP contribution in [0.2, 0.25) is 5.15 Å². The van der Waals surface area contributed by atoms with Crippen molar-refractivity contribution in [1.29, 1.82) is 0 Å². The summed E-state index contributed by atoms with van der Waals surface area (Å²) in [7, 11) is 0. The van der Waals surface area contributed by atoms with Gasteiger partial charge in [0.05, 0.1) is 5.39 Å². The number of hydrogen-bond acceptors (Lipinski definition) is 3. The summed E-state index contributed by atoms with van der Waals surface area (Å²) in [6, 6.07) is 0. The van der Waals surface area contributed by atoms with Crippen LogP contribution in [-0.4, -0.2) is 9.97 Å². The molecule has 0 fully saturated rings. The Bertz CT molecular complexity index is 562. The summed E-state index contributed by atoms with van der Waals surface area (Å²) in [6.45, 7) is 3.60. The average Bonchev–Trinajstić information content (AvgIpc) is 2.41. The average molecular weight is 267 g/mol. The van der Waals surface area contributed by atoms with E-state index in [-0.39, 0.29) is 9.98 Å². The first kappa shape index (κ1) is 11.6. The molecule has 0 aromatic carbocycles. The molecule has 0 aliphatic carbocycles. The molecule has 0 saturated carbocycles. The number of aryl methyl sites for hydroxylation is 2. The van der Waals surface area contributed by atoms with E-state index >= 15 is 0 Å². The minimum Gasteiger partial charge on any atom is -0.213 e. The predicted octanol–water partition coefficient (Wildman–Crippen LogP) is 3.98. The van der Waals surface area contributed by atoms with E-state index in [1.807, 2.05) is 6.92 Å². The maximum absolute atomic E-state index is 12.4. The van der Waals surface area contributed by atoms with Crippen molar-refractivity contribution < 1.29 is 13.2 Å². The first-order valence-electron chi connectivity index (χ1n) is 4.31. The summed E-state index contributed by atoms with van der Waals surface area (Å²) in [4.78, 5) is 7.94. The van der Waals surface area contributed by atoms with Crippen molar-refractivity contribution in [3.63, 3.8) is 0 Å². The Morgan fingerprint density at radius 1 is 1.19 bits per heavy atom. The van der Waals surface area contributed by atoms with Crippen LogP contribution in [0.4, 0.5) is 13.2 Å². The highest BCUT2D eigenvalue weighted by Gasteiger charge is 2.35. The van der Waals surface area contributed by atoms with E-state index in [0.29, 0.717) is 5.39 Å². The van der Waals surface area contributed by atoms with Crippen LogP contribution in [0.15, 0.2) is 0 Å². The van der Waals surface area contributed by atoms with Gasteiger partial charge in [-0.25, -0.2) is 9.97 Å². The molecule has 0 saturated heterocycles. The van der Waals surface area contributed by atoms with Gasteiger partial charge in [0.25, 0.3) is 0 Å². The molecule has 2 aromatic rings. The molecule has 0 unspecified atom stereocenters. The molecular formula is C9H6ClF3N2S. The van der Waals surface area contributed by atoms with Gasteiger partial charge in [-0.05, 0) is 19.4 Å². The normalized spacial score (nSPS) is 12.4. The van der Waals surface area contributed by atoms with Crippen LogP contribution in [0.25, 0.3) is 10.2 Å². The van der Waals surface area contributed by atoms with Crippen LogP contribution in [0, 0.1) is 13.8 Å². The Kier molecular flexibility index (Phi) is 2.58. The van der Waals surface area contributed by atoms with Gasteiger partial charge in [-0.2, -0.15) is 13.2 Å². The highest BCUT2D eigenvalue weighted by molar-refractivity contribution is 7.18. The lowest BCUT2D eigenvalue weighted by atomic mass is 10.2. The van der Waals surface area contributed by atoms with Gasteiger partial charge in [0.1, 0.15) is 9.98 Å². The summed E-state index contributed by atoms with van der Waals surface area (Å²) in [5.41, 5.74) is 0.832. The van der Waals surface area contributed by atoms with Crippen LogP contribution >= 0.6 is 22.9 Å². The van der Waals surface area contributed by atoms with Gasteiger partial charge in [0.15, 0.2) is 0 Å². The van der Waals surface area contributed by atoms with E-state index in [4.69, 9.17) is 11.6 Å². The third-order valence-electron chi connectivity index (χ3n) is 2.24. The number of nitrogens with zero attached hydrogens (tertiary/aromatic N) is 2. The number of fused-ring (bicyclic) bond motifs is 1. The topological polar surface area (TPSA) is 25.8 Å². The van der Waals surface area contributed by atoms with Crippen LogP contribution in [0.5, 0.6) is 0 Å².